The van der Waals surface area contributed by atoms with Gasteiger partial charge in [-0.25, -0.2) is 4.79 Å². The van der Waals surface area contributed by atoms with Gasteiger partial charge >= 0.3 is 6.03 Å². The number of pyridine rings is 1. The molecule has 0 spiro atoms. The zero-order valence-corrected chi connectivity index (χ0v) is 14.6. The number of aromatic nitrogens is 3. The third-order valence-corrected chi connectivity index (χ3v) is 4.48. The van der Waals surface area contributed by atoms with Crippen LogP contribution in [0.3, 0.4) is 0 Å². The normalized spacial score (nSPS) is 16.2. The number of piperidine rings is 1. The van der Waals surface area contributed by atoms with Crippen molar-refractivity contribution < 1.29 is 4.79 Å². The number of hydrogen-bond donors (Lipinski definition) is 1. The van der Waals surface area contributed by atoms with E-state index >= 15 is 0 Å². The highest BCUT2D eigenvalue weighted by Gasteiger charge is 2.24. The van der Waals surface area contributed by atoms with Crippen LogP contribution in [0.25, 0.3) is 0 Å². The van der Waals surface area contributed by atoms with E-state index < -0.39 is 0 Å². The summed E-state index contributed by atoms with van der Waals surface area (Å²) in [5.41, 5.74) is 1.97. The van der Waals surface area contributed by atoms with Crippen molar-refractivity contribution in [1.82, 2.24) is 19.7 Å². The van der Waals surface area contributed by atoms with E-state index in [-0.39, 0.29) is 11.6 Å². The number of urea groups is 1. The Hall–Kier alpha value is -2.37. The van der Waals surface area contributed by atoms with Crippen molar-refractivity contribution in [1.29, 1.82) is 0 Å². The fraction of sp³-hybridized carbons (Fsp3) is 0.500. The van der Waals surface area contributed by atoms with Gasteiger partial charge in [0.2, 0.25) is 0 Å². The zero-order valence-electron chi connectivity index (χ0n) is 14.6. The Kier molecular flexibility index (Phi) is 4.55. The van der Waals surface area contributed by atoms with Crippen molar-refractivity contribution in [3.63, 3.8) is 0 Å². The van der Waals surface area contributed by atoms with E-state index in [0.29, 0.717) is 5.92 Å². The molecular formula is C18H25N5O. The van der Waals surface area contributed by atoms with Crippen LogP contribution in [0.4, 0.5) is 10.5 Å². The summed E-state index contributed by atoms with van der Waals surface area (Å²) in [6, 6.07) is 4.10. The van der Waals surface area contributed by atoms with E-state index in [0.717, 1.165) is 31.6 Å². The molecule has 1 N–H and O–H groups in total. The second kappa shape index (κ2) is 6.63. The van der Waals surface area contributed by atoms with Gasteiger partial charge in [0.15, 0.2) is 0 Å². The van der Waals surface area contributed by atoms with Gasteiger partial charge in [0.1, 0.15) is 0 Å². The van der Waals surface area contributed by atoms with E-state index in [1.54, 1.807) is 6.20 Å². The van der Waals surface area contributed by atoms with E-state index in [2.05, 4.69) is 48.3 Å². The number of rotatable bonds is 2. The molecule has 0 radical (unpaired) electrons. The first kappa shape index (κ1) is 16.5. The SMILES string of the molecule is CC(C)(C)n1cc(NC(=O)N2CCC(c3ccncc3)CC2)cn1. The minimum absolute atomic E-state index is 0.0448. The van der Waals surface area contributed by atoms with Gasteiger partial charge in [-0.05, 0) is 57.2 Å². The fourth-order valence-corrected chi connectivity index (χ4v) is 3.01. The number of hydrogen-bond acceptors (Lipinski definition) is 3. The first-order valence-corrected chi connectivity index (χ1v) is 8.44. The molecule has 24 heavy (non-hydrogen) atoms. The predicted octanol–water partition coefficient (Wildman–Crippen LogP) is 3.44. The van der Waals surface area contributed by atoms with Crippen molar-refractivity contribution in [2.24, 2.45) is 0 Å². The van der Waals surface area contributed by atoms with Gasteiger partial charge in [0.25, 0.3) is 0 Å². The largest absolute Gasteiger partial charge is 0.324 e. The number of nitrogens with zero attached hydrogens (tertiary/aromatic N) is 4. The molecule has 6 nitrogen and oxygen atoms in total. The van der Waals surface area contributed by atoms with Crippen LogP contribution in [0.1, 0.15) is 45.1 Å². The van der Waals surface area contributed by atoms with Crippen molar-refractivity contribution in [3.05, 3.63) is 42.5 Å². The average molecular weight is 327 g/mol. The Morgan fingerprint density at radius 1 is 1.21 bits per heavy atom. The maximum absolute atomic E-state index is 12.4. The molecule has 0 unspecified atom stereocenters. The monoisotopic (exact) mass is 327 g/mol. The molecule has 0 saturated carbocycles. The molecule has 1 saturated heterocycles. The average Bonchev–Trinajstić information content (AvgIpc) is 3.05. The van der Waals surface area contributed by atoms with Crippen LogP contribution in [-0.2, 0) is 5.54 Å². The highest BCUT2D eigenvalue weighted by atomic mass is 16.2. The van der Waals surface area contributed by atoms with Gasteiger partial charge in [-0.15, -0.1) is 0 Å². The van der Waals surface area contributed by atoms with Crippen molar-refractivity contribution in [3.8, 4) is 0 Å². The summed E-state index contributed by atoms with van der Waals surface area (Å²) < 4.78 is 1.86. The number of carbonyl (C=O) groups excluding carboxylic acids is 1. The summed E-state index contributed by atoms with van der Waals surface area (Å²) in [7, 11) is 0. The number of likely N-dealkylation sites (tertiary alicyclic amines) is 1. The fourth-order valence-electron chi connectivity index (χ4n) is 3.01. The molecular weight excluding hydrogens is 302 g/mol. The Balaban J connectivity index is 1.55. The van der Waals surface area contributed by atoms with Gasteiger partial charge in [-0.1, -0.05) is 0 Å². The van der Waals surface area contributed by atoms with Crippen LogP contribution in [0, 0.1) is 0 Å². The molecule has 2 amide bonds. The lowest BCUT2D eigenvalue weighted by Gasteiger charge is -2.32. The molecule has 1 fully saturated rings. The summed E-state index contributed by atoms with van der Waals surface area (Å²) in [5, 5.41) is 7.27. The molecule has 0 aromatic carbocycles. The first-order chi connectivity index (χ1) is 11.4. The van der Waals surface area contributed by atoms with Crippen LogP contribution < -0.4 is 5.32 Å². The summed E-state index contributed by atoms with van der Waals surface area (Å²) in [5.74, 6) is 0.515. The van der Waals surface area contributed by atoms with Gasteiger partial charge < -0.3 is 10.2 Å². The van der Waals surface area contributed by atoms with Crippen LogP contribution >= 0.6 is 0 Å². The maximum atomic E-state index is 12.4. The topological polar surface area (TPSA) is 63.1 Å². The van der Waals surface area contributed by atoms with Crippen molar-refractivity contribution in [2.75, 3.05) is 18.4 Å². The smallest absolute Gasteiger partial charge is 0.321 e. The lowest BCUT2D eigenvalue weighted by molar-refractivity contribution is 0.194. The number of anilines is 1. The first-order valence-electron chi connectivity index (χ1n) is 8.44. The third-order valence-electron chi connectivity index (χ3n) is 4.48. The quantitative estimate of drug-likeness (QED) is 0.919. The molecule has 1 aliphatic heterocycles. The van der Waals surface area contributed by atoms with Gasteiger partial charge in [-0.2, -0.15) is 5.10 Å². The second-order valence-corrected chi connectivity index (χ2v) is 7.32. The second-order valence-electron chi connectivity index (χ2n) is 7.32. The van der Waals surface area contributed by atoms with Crippen LogP contribution in [0.5, 0.6) is 0 Å². The molecule has 0 atom stereocenters. The standard InChI is InChI=1S/C18H25N5O/c1-18(2,3)23-13-16(12-20-23)21-17(24)22-10-6-15(7-11-22)14-4-8-19-9-5-14/h4-5,8-9,12-13,15H,6-7,10-11H2,1-3H3,(H,21,24). The molecule has 6 heteroatoms. The Labute approximate surface area is 142 Å². The Morgan fingerprint density at radius 3 is 2.46 bits per heavy atom. The zero-order chi connectivity index (χ0) is 17.2. The summed E-state index contributed by atoms with van der Waals surface area (Å²) in [6.07, 6.45) is 9.22. The van der Waals surface area contributed by atoms with E-state index in [1.807, 2.05) is 28.2 Å². The predicted molar refractivity (Wildman–Crippen MR) is 94.0 cm³/mol. The van der Waals surface area contributed by atoms with Crippen molar-refractivity contribution in [2.45, 2.75) is 45.1 Å². The molecule has 2 aromatic heterocycles. The maximum Gasteiger partial charge on any atom is 0.321 e. The van der Waals surface area contributed by atoms with Gasteiger partial charge in [-0.3, -0.25) is 9.67 Å². The van der Waals surface area contributed by atoms with Gasteiger partial charge in [0.05, 0.1) is 17.4 Å². The van der Waals surface area contributed by atoms with Crippen molar-refractivity contribution >= 4 is 11.7 Å². The molecule has 1 aliphatic rings. The molecule has 0 aliphatic carbocycles. The van der Waals surface area contributed by atoms with Crippen LogP contribution in [0.2, 0.25) is 0 Å². The summed E-state index contributed by atoms with van der Waals surface area (Å²) in [6.45, 7) is 7.78. The Bertz CT molecular complexity index is 681. The molecule has 0 bridgehead atoms. The highest BCUT2D eigenvalue weighted by molar-refractivity contribution is 5.89. The summed E-state index contributed by atoms with van der Waals surface area (Å²) in [4.78, 5) is 18.4. The molecule has 128 valence electrons. The van der Waals surface area contributed by atoms with Gasteiger partial charge in [0, 0.05) is 31.7 Å². The highest BCUT2D eigenvalue weighted by Crippen LogP contribution is 2.27. The summed E-state index contributed by atoms with van der Waals surface area (Å²) >= 11 is 0. The number of nitrogens with one attached hydrogen (secondary N) is 1. The minimum atomic E-state index is -0.0914. The lowest BCUT2D eigenvalue weighted by Crippen LogP contribution is -2.40. The van der Waals surface area contributed by atoms with E-state index in [1.165, 1.54) is 5.56 Å². The molecule has 3 rings (SSSR count). The Morgan fingerprint density at radius 2 is 1.88 bits per heavy atom. The number of amides is 2. The van der Waals surface area contributed by atoms with Crippen LogP contribution in [-0.4, -0.2) is 38.8 Å². The van der Waals surface area contributed by atoms with E-state index in [9.17, 15) is 4.79 Å². The minimum Gasteiger partial charge on any atom is -0.324 e. The number of carbonyl (C=O) groups is 1. The lowest BCUT2D eigenvalue weighted by atomic mass is 9.90. The third kappa shape index (κ3) is 3.75. The molecule has 2 aromatic rings. The van der Waals surface area contributed by atoms with E-state index in [4.69, 9.17) is 0 Å². The molecule has 3 heterocycles. The van der Waals surface area contributed by atoms with Crippen LogP contribution in [0.15, 0.2) is 36.9 Å².